The molecule has 0 bridgehead atoms. The Morgan fingerprint density at radius 1 is 0.953 bits per heavy atom. The van der Waals surface area contributed by atoms with E-state index in [1.54, 1.807) is 43.4 Å². The molecule has 11 nitrogen and oxygen atoms in total. The zero-order valence-electron chi connectivity index (χ0n) is 24.0. The van der Waals surface area contributed by atoms with E-state index in [1.165, 1.54) is 32.4 Å². The number of nitro groups is 1. The third kappa shape index (κ3) is 7.08. The summed E-state index contributed by atoms with van der Waals surface area (Å²) >= 11 is 2.07. The van der Waals surface area contributed by atoms with Gasteiger partial charge in [-0.15, -0.1) is 0 Å². The number of hydrogen-bond acceptors (Lipinski definition) is 8. The van der Waals surface area contributed by atoms with E-state index in [1.807, 2.05) is 34.9 Å². The first-order valence-electron chi connectivity index (χ1n) is 13.0. The average molecular weight is 699 g/mol. The highest BCUT2D eigenvalue weighted by molar-refractivity contribution is 14.1. The molecule has 4 aromatic rings. The Morgan fingerprint density at radius 2 is 1.65 bits per heavy atom. The number of carbonyl (C=O) groups is 2. The van der Waals surface area contributed by atoms with E-state index in [9.17, 15) is 19.7 Å². The molecule has 3 aromatic carbocycles. The van der Waals surface area contributed by atoms with Gasteiger partial charge >= 0.3 is 5.97 Å². The van der Waals surface area contributed by atoms with Crippen molar-refractivity contribution in [1.82, 2.24) is 9.47 Å². The van der Waals surface area contributed by atoms with Crippen molar-refractivity contribution in [1.29, 1.82) is 0 Å². The molecule has 0 aliphatic carbocycles. The minimum atomic E-state index is -0.551. The molecule has 4 rings (SSSR count). The summed E-state index contributed by atoms with van der Waals surface area (Å²) in [5.41, 5.74) is 2.56. The Morgan fingerprint density at radius 3 is 2.28 bits per heavy atom. The molecule has 43 heavy (non-hydrogen) atoms. The molecule has 0 aliphatic heterocycles. The number of nitrogens with zero attached hydrogens (tertiary/aromatic N) is 3. The number of non-ortho nitro benzene ring substituents is 1. The highest BCUT2D eigenvalue weighted by Gasteiger charge is 2.27. The van der Waals surface area contributed by atoms with Gasteiger partial charge in [-0.1, -0.05) is 18.2 Å². The third-order valence-electron chi connectivity index (χ3n) is 6.82. The van der Waals surface area contributed by atoms with E-state index in [0.29, 0.717) is 49.5 Å². The van der Waals surface area contributed by atoms with Crippen molar-refractivity contribution >= 4 is 51.1 Å². The zero-order valence-corrected chi connectivity index (χ0v) is 26.2. The fraction of sp³-hybridized carbons (Fsp3) is 0.226. The Bertz CT molecular complexity index is 1680. The molecule has 1 aromatic heterocycles. The molecular formula is C31H30IN3O8. The molecule has 0 aliphatic rings. The molecule has 1 heterocycles. The summed E-state index contributed by atoms with van der Waals surface area (Å²) in [6.45, 7) is 0.529. The topological polar surface area (TPSA) is 122 Å². The minimum Gasteiger partial charge on any atom is -0.497 e. The summed E-state index contributed by atoms with van der Waals surface area (Å²) in [5.74, 6) is 0.923. The molecule has 0 N–H and O–H groups in total. The van der Waals surface area contributed by atoms with Crippen molar-refractivity contribution in [3.63, 3.8) is 0 Å². The molecule has 0 atom stereocenters. The van der Waals surface area contributed by atoms with Crippen molar-refractivity contribution in [2.24, 2.45) is 0 Å². The third-order valence-corrected chi connectivity index (χ3v) is 7.91. The predicted octanol–water partition coefficient (Wildman–Crippen LogP) is 5.60. The monoisotopic (exact) mass is 699 g/mol. The number of methoxy groups -OCH3 is 4. The highest BCUT2D eigenvalue weighted by atomic mass is 127. The average Bonchev–Trinajstić information content (AvgIpc) is 3.30. The maximum Gasteiger partial charge on any atom is 0.330 e. The van der Waals surface area contributed by atoms with Gasteiger partial charge < -0.3 is 28.4 Å². The van der Waals surface area contributed by atoms with Crippen molar-refractivity contribution in [2.45, 2.75) is 13.1 Å². The molecule has 0 saturated heterocycles. The summed E-state index contributed by atoms with van der Waals surface area (Å²) in [7, 11) is 5.94. The molecule has 224 valence electrons. The van der Waals surface area contributed by atoms with E-state index in [2.05, 4.69) is 22.6 Å². The number of nitro benzene ring substituents is 1. The Hall–Kier alpha value is -4.59. The van der Waals surface area contributed by atoms with E-state index >= 15 is 0 Å². The van der Waals surface area contributed by atoms with Gasteiger partial charge in [0.1, 0.15) is 22.9 Å². The molecule has 0 unspecified atom stereocenters. The van der Waals surface area contributed by atoms with Crippen LogP contribution < -0.4 is 14.2 Å². The lowest BCUT2D eigenvalue weighted by Gasteiger charge is -2.24. The van der Waals surface area contributed by atoms with Gasteiger partial charge in [-0.3, -0.25) is 14.9 Å². The largest absolute Gasteiger partial charge is 0.497 e. The lowest BCUT2D eigenvalue weighted by molar-refractivity contribution is -0.384. The fourth-order valence-electron chi connectivity index (χ4n) is 4.60. The fourth-order valence-corrected chi connectivity index (χ4v) is 5.56. The number of esters is 1. The van der Waals surface area contributed by atoms with Crippen LogP contribution >= 0.6 is 22.6 Å². The summed E-state index contributed by atoms with van der Waals surface area (Å²) < 4.78 is 23.3. The zero-order chi connectivity index (χ0) is 31.1. The van der Waals surface area contributed by atoms with Crippen molar-refractivity contribution < 1.29 is 33.5 Å². The number of ether oxygens (including phenoxy) is 4. The molecule has 0 fully saturated rings. The number of amides is 1. The lowest BCUT2D eigenvalue weighted by Crippen LogP contribution is -2.33. The maximum atomic E-state index is 14.5. The smallest absolute Gasteiger partial charge is 0.330 e. The predicted molar refractivity (Wildman–Crippen MR) is 169 cm³/mol. The summed E-state index contributed by atoms with van der Waals surface area (Å²) in [4.78, 5) is 39.0. The van der Waals surface area contributed by atoms with Crippen LogP contribution in [-0.2, 0) is 22.6 Å². The van der Waals surface area contributed by atoms with Crippen LogP contribution in [0.2, 0.25) is 0 Å². The number of halogens is 1. The van der Waals surface area contributed by atoms with Crippen LogP contribution in [0.1, 0.15) is 21.6 Å². The van der Waals surface area contributed by atoms with Crippen LogP contribution in [0.15, 0.2) is 72.8 Å². The number of rotatable bonds is 12. The lowest BCUT2D eigenvalue weighted by atomic mass is 10.1. The standard InChI is InChI=1S/C31H30IN3O8/c1-40-23-11-7-20(8-12-23)18-34-26-14-10-22(35(38)39)16-25(26)29(32)30(34)31(37)33(15-5-6-28(36)43-4)19-21-9-13-24(41-2)17-27(21)42-3/h5-14,16-17H,15,18-19H2,1-4H3/b6-5+. The number of benzene rings is 3. The second kappa shape index (κ2) is 14.1. The van der Waals surface area contributed by atoms with E-state index in [4.69, 9.17) is 18.9 Å². The van der Waals surface area contributed by atoms with Gasteiger partial charge in [0.2, 0.25) is 0 Å². The molecule has 1 amide bonds. The van der Waals surface area contributed by atoms with Crippen molar-refractivity contribution in [3.05, 3.63) is 103 Å². The van der Waals surface area contributed by atoms with Crippen LogP contribution in [-0.4, -0.2) is 61.3 Å². The van der Waals surface area contributed by atoms with E-state index in [0.717, 1.165) is 5.56 Å². The van der Waals surface area contributed by atoms with E-state index < -0.39 is 10.9 Å². The maximum absolute atomic E-state index is 14.5. The molecule has 0 spiro atoms. The van der Waals surface area contributed by atoms with Gasteiger partial charge in [0.15, 0.2) is 0 Å². The summed E-state index contributed by atoms with van der Waals surface area (Å²) in [6.07, 6.45) is 2.81. The SMILES string of the molecule is COC(=O)/C=C/CN(Cc1ccc(OC)cc1OC)C(=O)c1c(I)c2cc([N+](=O)[O-])ccc2n1Cc1ccc(OC)cc1. The van der Waals surface area contributed by atoms with Gasteiger partial charge in [-0.05, 0) is 58.5 Å². The molecule has 12 heteroatoms. The summed E-state index contributed by atoms with van der Waals surface area (Å²) in [5, 5.41) is 12.2. The molecule has 0 saturated carbocycles. The Kier molecular flexibility index (Phi) is 10.2. The molecular weight excluding hydrogens is 669 g/mol. The minimum absolute atomic E-state index is 0.0728. The first kappa shape index (κ1) is 31.3. The number of carbonyl (C=O) groups excluding carboxylic acids is 2. The van der Waals surface area contributed by atoms with Crippen LogP contribution in [0.5, 0.6) is 17.2 Å². The van der Waals surface area contributed by atoms with Crippen LogP contribution in [0, 0.1) is 13.7 Å². The van der Waals surface area contributed by atoms with Gasteiger partial charge in [-0.2, -0.15) is 0 Å². The van der Waals surface area contributed by atoms with Crippen molar-refractivity contribution in [3.8, 4) is 17.2 Å². The quantitative estimate of drug-likeness (QED) is 0.0616. The van der Waals surface area contributed by atoms with Gasteiger partial charge in [0, 0.05) is 48.3 Å². The van der Waals surface area contributed by atoms with Crippen LogP contribution in [0.4, 0.5) is 5.69 Å². The number of hydrogen-bond donors (Lipinski definition) is 0. The Balaban J connectivity index is 1.85. The first-order valence-corrected chi connectivity index (χ1v) is 14.1. The van der Waals surface area contributed by atoms with Crippen LogP contribution in [0.25, 0.3) is 10.9 Å². The summed E-state index contributed by atoms with van der Waals surface area (Å²) in [6, 6.07) is 17.3. The first-order chi connectivity index (χ1) is 20.7. The number of aromatic nitrogens is 1. The van der Waals surface area contributed by atoms with Gasteiger partial charge in [0.25, 0.3) is 11.6 Å². The second-order valence-electron chi connectivity index (χ2n) is 9.34. The van der Waals surface area contributed by atoms with Crippen LogP contribution in [0.3, 0.4) is 0 Å². The van der Waals surface area contributed by atoms with E-state index in [-0.39, 0.29) is 24.7 Å². The Labute approximate surface area is 261 Å². The normalized spacial score (nSPS) is 11.0. The van der Waals surface area contributed by atoms with Gasteiger partial charge in [0.05, 0.1) is 49.0 Å². The molecule has 0 radical (unpaired) electrons. The van der Waals surface area contributed by atoms with Gasteiger partial charge in [-0.25, -0.2) is 4.79 Å². The van der Waals surface area contributed by atoms with Crippen molar-refractivity contribution in [2.75, 3.05) is 35.0 Å². The second-order valence-corrected chi connectivity index (χ2v) is 10.4. The number of fused-ring (bicyclic) bond motifs is 1. The highest BCUT2D eigenvalue weighted by Crippen LogP contribution is 2.33.